The van der Waals surface area contributed by atoms with Crippen LogP contribution in [0, 0.1) is 0 Å². The number of pyridine rings is 1. The molecule has 0 unspecified atom stereocenters. The maximum absolute atomic E-state index is 13.4. The lowest BCUT2D eigenvalue weighted by Crippen LogP contribution is -2.53. The topological polar surface area (TPSA) is 45.7 Å². The lowest BCUT2D eigenvalue weighted by atomic mass is 9.83. The van der Waals surface area contributed by atoms with Crippen LogP contribution in [0.1, 0.15) is 50.8 Å². The van der Waals surface area contributed by atoms with Gasteiger partial charge in [0.15, 0.2) is 0 Å². The van der Waals surface area contributed by atoms with Gasteiger partial charge < -0.3 is 4.74 Å². The predicted molar refractivity (Wildman–Crippen MR) is 151 cm³/mol. The first-order chi connectivity index (χ1) is 18.9. The van der Waals surface area contributed by atoms with Gasteiger partial charge in [0.1, 0.15) is 0 Å². The number of ether oxygens (including phenoxy) is 1. The van der Waals surface area contributed by atoms with Crippen LogP contribution < -0.4 is 0 Å². The summed E-state index contributed by atoms with van der Waals surface area (Å²) < 4.78 is 45.7. The predicted octanol–water partition coefficient (Wildman–Crippen LogP) is 6.62. The summed E-state index contributed by atoms with van der Waals surface area (Å²) in [4.78, 5) is 21.4. The van der Waals surface area contributed by atoms with Crippen LogP contribution in [0.25, 0.3) is 11.1 Å². The molecule has 0 spiro atoms. The summed E-state index contributed by atoms with van der Waals surface area (Å²) in [6, 6.07) is 18.8. The highest BCUT2D eigenvalue weighted by Crippen LogP contribution is 2.40. The Balaban J connectivity index is 1.41. The lowest BCUT2D eigenvalue weighted by molar-refractivity contribution is -0.180. The molecule has 1 aliphatic heterocycles. The second-order valence-corrected chi connectivity index (χ2v) is 11.4. The Kier molecular flexibility index (Phi) is 9.31. The van der Waals surface area contributed by atoms with Crippen LogP contribution in [0.2, 0.25) is 0 Å². The van der Waals surface area contributed by atoms with Gasteiger partial charge in [-0.05, 0) is 67.6 Å². The van der Waals surface area contributed by atoms with E-state index in [-0.39, 0.29) is 23.7 Å². The van der Waals surface area contributed by atoms with Crippen LogP contribution in [0.5, 0.6) is 0 Å². The van der Waals surface area contributed by atoms with Gasteiger partial charge in [-0.1, -0.05) is 48.5 Å². The maximum atomic E-state index is 13.4. The first-order valence-electron chi connectivity index (χ1n) is 13.7. The van der Waals surface area contributed by atoms with Crippen LogP contribution >= 0.6 is 0 Å². The lowest BCUT2D eigenvalue weighted by Gasteiger charge is -2.41. The van der Waals surface area contributed by atoms with E-state index in [0.717, 1.165) is 55.0 Å². The molecule has 0 amide bonds. The number of nitrogens with zero attached hydrogens (tertiary/aromatic N) is 3. The van der Waals surface area contributed by atoms with Gasteiger partial charge in [0.2, 0.25) is 0 Å². The fourth-order valence-corrected chi connectivity index (χ4v) is 5.03. The summed E-state index contributed by atoms with van der Waals surface area (Å²) in [7, 11) is 0. The summed E-state index contributed by atoms with van der Waals surface area (Å²) in [5.74, 6) is -0.185. The van der Waals surface area contributed by atoms with E-state index in [9.17, 15) is 18.0 Å². The van der Waals surface area contributed by atoms with E-state index in [2.05, 4.69) is 26.9 Å². The van der Waals surface area contributed by atoms with Gasteiger partial charge in [0, 0.05) is 51.2 Å². The summed E-state index contributed by atoms with van der Waals surface area (Å²) in [6.45, 7) is 10.1. The molecule has 1 aromatic heterocycles. The Morgan fingerprint density at radius 3 is 2.05 bits per heavy atom. The number of hydrogen-bond acceptors (Lipinski definition) is 5. The molecule has 0 radical (unpaired) electrons. The molecule has 1 fully saturated rings. The minimum Gasteiger partial charge on any atom is -0.463 e. The quantitative estimate of drug-likeness (QED) is 0.279. The highest BCUT2D eigenvalue weighted by atomic mass is 19.4. The highest BCUT2D eigenvalue weighted by Gasteiger charge is 2.48. The Morgan fingerprint density at radius 2 is 1.48 bits per heavy atom. The summed E-state index contributed by atoms with van der Waals surface area (Å²) in [6.07, 6.45) is -0.551. The zero-order valence-electron chi connectivity index (χ0n) is 23.6. The highest BCUT2D eigenvalue weighted by molar-refractivity contribution is 5.70. The molecule has 4 rings (SSSR count). The van der Waals surface area contributed by atoms with Crippen molar-refractivity contribution in [1.29, 1.82) is 0 Å². The van der Waals surface area contributed by atoms with Crippen molar-refractivity contribution in [2.75, 3.05) is 19.6 Å². The molecule has 5 nitrogen and oxygen atoms in total. The zero-order chi connectivity index (χ0) is 28.9. The van der Waals surface area contributed by atoms with Gasteiger partial charge in [-0.2, -0.15) is 13.2 Å². The van der Waals surface area contributed by atoms with Crippen molar-refractivity contribution in [3.63, 3.8) is 0 Å². The fraction of sp³-hybridized carbons (Fsp3) is 0.438. The minimum atomic E-state index is -4.31. The average Bonchev–Trinajstić information content (AvgIpc) is 2.90. The smallest absolute Gasteiger partial charge is 0.397 e. The van der Waals surface area contributed by atoms with Crippen LogP contribution in [-0.4, -0.2) is 58.7 Å². The first kappa shape index (κ1) is 29.7. The number of piperazine rings is 1. The number of esters is 1. The van der Waals surface area contributed by atoms with Crippen LogP contribution in [0.4, 0.5) is 13.2 Å². The molecule has 8 heteroatoms. The number of carbonyl (C=O) groups is 1. The molecule has 3 aromatic rings. The van der Waals surface area contributed by atoms with Gasteiger partial charge in [-0.15, -0.1) is 0 Å². The molecule has 0 N–H and O–H groups in total. The van der Waals surface area contributed by atoms with E-state index in [0.29, 0.717) is 6.42 Å². The number of aromatic nitrogens is 1. The summed E-state index contributed by atoms with van der Waals surface area (Å²) >= 11 is 0. The van der Waals surface area contributed by atoms with E-state index in [1.54, 1.807) is 36.7 Å². The third-order valence-electron chi connectivity index (χ3n) is 7.60. The Morgan fingerprint density at radius 1 is 0.900 bits per heavy atom. The standard InChI is InChI=1S/C32H38F3N3O2/c1-23(2)40-30(39)19-29-22-37(17-18-38(29)21-25-13-15-36-16-14-25)20-24-5-7-26(8-6-24)27-9-11-28(12-10-27)31(3,4)32(33,34)35/h5-16,23,29H,17-22H2,1-4H3/t29-/m1/s1. The van der Waals surface area contributed by atoms with E-state index in [4.69, 9.17) is 4.74 Å². The third-order valence-corrected chi connectivity index (χ3v) is 7.60. The summed E-state index contributed by atoms with van der Waals surface area (Å²) in [5, 5.41) is 0. The molecule has 1 saturated heterocycles. The third kappa shape index (κ3) is 7.49. The fourth-order valence-electron chi connectivity index (χ4n) is 5.03. The van der Waals surface area contributed by atoms with Gasteiger partial charge >= 0.3 is 12.1 Å². The molecule has 0 bridgehead atoms. The molecule has 40 heavy (non-hydrogen) atoms. The molecule has 2 heterocycles. The SMILES string of the molecule is CC(C)OC(=O)C[C@@H]1CN(Cc2ccc(-c3ccc(C(C)(C)C(F)(F)F)cc3)cc2)CCN1Cc1ccncc1. The van der Waals surface area contributed by atoms with Crippen molar-refractivity contribution in [3.05, 3.63) is 89.7 Å². The largest absolute Gasteiger partial charge is 0.463 e. The molecule has 0 saturated carbocycles. The van der Waals surface area contributed by atoms with E-state index in [1.807, 2.05) is 38.1 Å². The van der Waals surface area contributed by atoms with Gasteiger partial charge in [0.05, 0.1) is 17.9 Å². The summed E-state index contributed by atoms with van der Waals surface area (Å²) in [5.41, 5.74) is 2.48. The van der Waals surface area contributed by atoms with E-state index >= 15 is 0 Å². The monoisotopic (exact) mass is 553 g/mol. The van der Waals surface area contributed by atoms with Crippen molar-refractivity contribution < 1.29 is 22.7 Å². The van der Waals surface area contributed by atoms with Gasteiger partial charge in [0.25, 0.3) is 0 Å². The Bertz CT molecular complexity index is 1240. The van der Waals surface area contributed by atoms with Crippen LogP contribution in [-0.2, 0) is 28.0 Å². The minimum absolute atomic E-state index is 0.0342. The number of rotatable bonds is 9. The van der Waals surface area contributed by atoms with Gasteiger partial charge in [-0.25, -0.2) is 0 Å². The van der Waals surface area contributed by atoms with Crippen molar-refractivity contribution in [2.24, 2.45) is 0 Å². The van der Waals surface area contributed by atoms with Crippen molar-refractivity contribution in [2.45, 2.75) is 70.9 Å². The molecule has 214 valence electrons. The molecule has 2 aromatic carbocycles. The Hall–Kier alpha value is -3.23. The molecule has 0 aliphatic carbocycles. The Labute approximate surface area is 235 Å². The van der Waals surface area contributed by atoms with Crippen molar-refractivity contribution >= 4 is 5.97 Å². The van der Waals surface area contributed by atoms with Crippen molar-refractivity contribution in [3.8, 4) is 11.1 Å². The number of halogens is 3. The molecule has 1 aliphatic rings. The number of hydrogen-bond donors (Lipinski definition) is 0. The maximum Gasteiger partial charge on any atom is 0.397 e. The van der Waals surface area contributed by atoms with Crippen molar-refractivity contribution in [1.82, 2.24) is 14.8 Å². The van der Waals surface area contributed by atoms with Crippen LogP contribution in [0.15, 0.2) is 73.1 Å². The van der Waals surface area contributed by atoms with Gasteiger partial charge in [-0.3, -0.25) is 19.6 Å². The second kappa shape index (κ2) is 12.5. The number of alkyl halides is 3. The number of benzene rings is 2. The number of carbonyl (C=O) groups excluding carboxylic acids is 1. The van der Waals surface area contributed by atoms with Crippen LogP contribution in [0.3, 0.4) is 0 Å². The van der Waals surface area contributed by atoms with E-state index in [1.165, 1.54) is 13.8 Å². The molecular formula is C32H38F3N3O2. The second-order valence-electron chi connectivity index (χ2n) is 11.4. The first-order valence-corrected chi connectivity index (χ1v) is 13.7. The van der Waals surface area contributed by atoms with E-state index < -0.39 is 11.6 Å². The zero-order valence-corrected chi connectivity index (χ0v) is 23.6. The normalized spacial score (nSPS) is 17.2. The molecule has 1 atom stereocenters. The average molecular weight is 554 g/mol. The molecular weight excluding hydrogens is 515 g/mol.